The Morgan fingerprint density at radius 2 is 2.35 bits per heavy atom. The highest BCUT2D eigenvalue weighted by atomic mass is 79.9. The molecule has 0 saturated heterocycles. The minimum atomic E-state index is -0.000437. The topological polar surface area (TPSA) is 59.3 Å². The molecule has 0 radical (unpaired) electrons. The molecule has 2 aromatic heterocycles. The summed E-state index contributed by atoms with van der Waals surface area (Å²) in [5.74, 6) is 0.931. The molecule has 0 aliphatic heterocycles. The molecule has 5 nitrogen and oxygen atoms in total. The van der Waals surface area contributed by atoms with E-state index in [-0.39, 0.29) is 5.91 Å². The average molecular weight is 295 g/mol. The quantitative estimate of drug-likeness (QED) is 0.883. The Hall–Kier alpha value is -1.43. The Kier molecular flexibility index (Phi) is 2.58. The van der Waals surface area contributed by atoms with Gasteiger partial charge in [-0.3, -0.25) is 10.1 Å². The van der Waals surface area contributed by atoms with E-state index in [9.17, 15) is 4.79 Å². The molecule has 0 atom stereocenters. The fraction of sp³-hybridized carbons (Fsp3) is 0.364. The van der Waals surface area contributed by atoms with Crippen LogP contribution in [0.5, 0.6) is 0 Å². The number of nitrogens with one attached hydrogen (secondary N) is 1. The van der Waals surface area contributed by atoms with Crippen LogP contribution in [-0.2, 0) is 4.79 Å². The lowest BCUT2D eigenvalue weighted by molar-refractivity contribution is -0.116. The van der Waals surface area contributed by atoms with Crippen molar-refractivity contribution in [3.05, 3.63) is 22.8 Å². The van der Waals surface area contributed by atoms with E-state index in [2.05, 4.69) is 31.3 Å². The van der Waals surface area contributed by atoms with E-state index >= 15 is 0 Å². The molecular weight excluding hydrogens is 284 g/mol. The highest BCUT2D eigenvalue weighted by Crippen LogP contribution is 2.32. The number of aromatic nitrogens is 3. The fourth-order valence-electron chi connectivity index (χ4n) is 1.69. The molecule has 17 heavy (non-hydrogen) atoms. The van der Waals surface area contributed by atoms with Crippen LogP contribution in [0.4, 0.5) is 5.95 Å². The van der Waals surface area contributed by atoms with Crippen LogP contribution in [0.2, 0.25) is 0 Å². The Bertz CT molecular complexity index is 576. The number of anilines is 1. The summed E-state index contributed by atoms with van der Waals surface area (Å²) < 4.78 is 2.46. The van der Waals surface area contributed by atoms with Gasteiger partial charge in [-0.1, -0.05) is 6.07 Å². The van der Waals surface area contributed by atoms with Gasteiger partial charge in [0, 0.05) is 6.42 Å². The van der Waals surface area contributed by atoms with Gasteiger partial charge in [-0.25, -0.2) is 4.52 Å². The zero-order chi connectivity index (χ0) is 11.8. The van der Waals surface area contributed by atoms with Crippen molar-refractivity contribution in [3.8, 4) is 0 Å². The molecule has 1 aliphatic rings. The Morgan fingerprint density at radius 1 is 1.53 bits per heavy atom. The van der Waals surface area contributed by atoms with Gasteiger partial charge in [-0.2, -0.15) is 4.98 Å². The first-order valence-electron chi connectivity index (χ1n) is 5.53. The number of nitrogens with zero attached hydrogens (tertiary/aromatic N) is 3. The van der Waals surface area contributed by atoms with Crippen molar-refractivity contribution >= 4 is 33.4 Å². The number of rotatable bonds is 3. The van der Waals surface area contributed by atoms with E-state index in [1.165, 1.54) is 0 Å². The third-order valence-corrected chi connectivity index (χ3v) is 3.34. The molecule has 1 N–H and O–H groups in total. The van der Waals surface area contributed by atoms with Gasteiger partial charge in [-0.05, 0) is 46.8 Å². The predicted octanol–water partition coefficient (Wildman–Crippen LogP) is 2.23. The third kappa shape index (κ3) is 2.31. The van der Waals surface area contributed by atoms with Crippen LogP contribution < -0.4 is 5.32 Å². The van der Waals surface area contributed by atoms with Crippen molar-refractivity contribution < 1.29 is 4.79 Å². The van der Waals surface area contributed by atoms with Gasteiger partial charge in [-0.15, -0.1) is 5.10 Å². The first kappa shape index (κ1) is 10.7. The van der Waals surface area contributed by atoms with Crippen LogP contribution in [0.3, 0.4) is 0 Å². The van der Waals surface area contributed by atoms with Crippen molar-refractivity contribution in [2.24, 2.45) is 5.92 Å². The summed E-state index contributed by atoms with van der Waals surface area (Å²) in [4.78, 5) is 15.8. The van der Waals surface area contributed by atoms with Crippen molar-refractivity contribution in [3.63, 3.8) is 0 Å². The van der Waals surface area contributed by atoms with Gasteiger partial charge in [0.05, 0.1) is 0 Å². The Morgan fingerprint density at radius 3 is 3.06 bits per heavy atom. The van der Waals surface area contributed by atoms with E-state index < -0.39 is 0 Å². The first-order valence-corrected chi connectivity index (χ1v) is 6.33. The van der Waals surface area contributed by atoms with E-state index in [0.717, 1.165) is 17.4 Å². The molecule has 6 heteroatoms. The lowest BCUT2D eigenvalue weighted by atomic mass is 10.3. The smallest absolute Gasteiger partial charge is 0.249 e. The van der Waals surface area contributed by atoms with Crippen LogP contribution in [-0.4, -0.2) is 20.5 Å². The normalized spacial score (nSPS) is 15.1. The highest BCUT2D eigenvalue weighted by Gasteiger charge is 2.24. The molecule has 88 valence electrons. The maximum Gasteiger partial charge on any atom is 0.249 e. The SMILES string of the molecule is O=C(CC1CC1)Nc1nc2cccc(Br)n2n1. The highest BCUT2D eigenvalue weighted by molar-refractivity contribution is 9.10. The van der Waals surface area contributed by atoms with Crippen LogP contribution in [0.15, 0.2) is 22.8 Å². The maximum absolute atomic E-state index is 11.6. The predicted molar refractivity (Wildman–Crippen MR) is 66.7 cm³/mol. The first-order chi connectivity index (χ1) is 8.22. The van der Waals surface area contributed by atoms with Gasteiger partial charge in [0.2, 0.25) is 11.9 Å². The molecule has 0 bridgehead atoms. The number of fused-ring (bicyclic) bond motifs is 1. The van der Waals surface area contributed by atoms with Gasteiger partial charge >= 0.3 is 0 Å². The zero-order valence-corrected chi connectivity index (χ0v) is 10.6. The molecule has 2 aromatic rings. The summed E-state index contributed by atoms with van der Waals surface area (Å²) >= 11 is 3.37. The molecule has 2 heterocycles. The monoisotopic (exact) mass is 294 g/mol. The maximum atomic E-state index is 11.6. The lowest BCUT2D eigenvalue weighted by Gasteiger charge is -1.97. The van der Waals surface area contributed by atoms with E-state index in [4.69, 9.17) is 0 Å². The van der Waals surface area contributed by atoms with Crippen molar-refractivity contribution in [1.29, 1.82) is 0 Å². The van der Waals surface area contributed by atoms with Crippen LogP contribution in [0, 0.1) is 5.92 Å². The summed E-state index contributed by atoms with van der Waals surface area (Å²) in [6.07, 6.45) is 2.91. The number of pyridine rings is 1. The molecule has 0 aromatic carbocycles. The van der Waals surface area contributed by atoms with Crippen molar-refractivity contribution in [1.82, 2.24) is 14.6 Å². The summed E-state index contributed by atoms with van der Waals surface area (Å²) in [6, 6.07) is 5.59. The molecule has 3 rings (SSSR count). The molecular formula is C11H11BrN4O. The minimum Gasteiger partial charge on any atom is -0.293 e. The second-order valence-corrected chi connectivity index (χ2v) is 5.06. The standard InChI is InChI=1S/C11H11BrN4O/c12-8-2-1-3-9-13-11(15-16(8)9)14-10(17)6-7-4-5-7/h1-3,7H,4-6H2,(H,14,15,17). The molecule has 0 unspecified atom stereocenters. The summed E-state index contributed by atoms with van der Waals surface area (Å²) in [6.45, 7) is 0. The van der Waals surface area contributed by atoms with Gasteiger partial charge in [0.25, 0.3) is 0 Å². The average Bonchev–Trinajstić information content (AvgIpc) is 2.97. The van der Waals surface area contributed by atoms with Crippen LogP contribution in [0.1, 0.15) is 19.3 Å². The fourth-order valence-corrected chi connectivity index (χ4v) is 2.10. The molecule has 0 spiro atoms. The van der Waals surface area contributed by atoms with E-state index in [1.54, 1.807) is 4.52 Å². The largest absolute Gasteiger partial charge is 0.293 e. The third-order valence-electron chi connectivity index (χ3n) is 2.74. The molecule has 1 aliphatic carbocycles. The van der Waals surface area contributed by atoms with Gasteiger partial charge in [0.15, 0.2) is 5.65 Å². The summed E-state index contributed by atoms with van der Waals surface area (Å²) in [5.41, 5.74) is 0.709. The second-order valence-electron chi connectivity index (χ2n) is 4.25. The summed E-state index contributed by atoms with van der Waals surface area (Å²) in [7, 11) is 0. The number of carbonyl (C=O) groups is 1. The number of hydrogen-bond acceptors (Lipinski definition) is 3. The van der Waals surface area contributed by atoms with Crippen molar-refractivity contribution in [2.75, 3.05) is 5.32 Å². The zero-order valence-electron chi connectivity index (χ0n) is 9.06. The second kappa shape index (κ2) is 4.10. The van der Waals surface area contributed by atoms with Crippen molar-refractivity contribution in [2.45, 2.75) is 19.3 Å². The van der Waals surface area contributed by atoms with E-state index in [1.807, 2.05) is 18.2 Å². The van der Waals surface area contributed by atoms with Gasteiger partial charge < -0.3 is 0 Å². The summed E-state index contributed by atoms with van der Waals surface area (Å²) in [5, 5.41) is 6.93. The lowest BCUT2D eigenvalue weighted by Crippen LogP contribution is -2.13. The number of carbonyl (C=O) groups excluding carboxylic acids is 1. The van der Waals surface area contributed by atoms with Crippen LogP contribution >= 0.6 is 15.9 Å². The van der Waals surface area contributed by atoms with Crippen LogP contribution in [0.25, 0.3) is 5.65 Å². The number of halogens is 1. The number of hydrogen-bond donors (Lipinski definition) is 1. The minimum absolute atomic E-state index is 0.000437. The number of amides is 1. The van der Waals surface area contributed by atoms with Gasteiger partial charge in [0.1, 0.15) is 4.60 Å². The molecule has 1 fully saturated rings. The van der Waals surface area contributed by atoms with E-state index in [0.29, 0.717) is 23.9 Å². The molecule has 1 amide bonds. The molecule has 1 saturated carbocycles. The Labute approximate surface area is 106 Å². The Balaban J connectivity index is 1.80.